The SMILES string of the molecule is CC(C)c1cc(-c2ccccc2)cc(C(C)C)c1-n1c(-c2[c-]sc3ccc(C(C)(C)C)cc23)nc2ccccc21.[Ir]. The Bertz CT molecular complexity index is 1810. The molecule has 211 valence electrons. The monoisotopic (exact) mass is 734 g/mol. The molecule has 0 unspecified atom stereocenters. The first-order chi connectivity index (χ1) is 19.1. The third-order valence-electron chi connectivity index (χ3n) is 7.91. The van der Waals surface area contributed by atoms with Crippen molar-refractivity contribution < 1.29 is 20.1 Å². The number of aromatic nitrogens is 2. The van der Waals surface area contributed by atoms with Gasteiger partial charge in [0.2, 0.25) is 0 Å². The maximum Gasteiger partial charge on any atom is 0.0774 e. The van der Waals surface area contributed by atoms with Crippen molar-refractivity contribution in [1.29, 1.82) is 0 Å². The van der Waals surface area contributed by atoms with E-state index in [-0.39, 0.29) is 25.5 Å². The first kappa shape index (κ1) is 29.5. The number of fused-ring (bicyclic) bond motifs is 2. The van der Waals surface area contributed by atoms with Crippen molar-refractivity contribution in [2.75, 3.05) is 0 Å². The molecule has 6 rings (SSSR count). The minimum absolute atomic E-state index is 0. The fourth-order valence-corrected chi connectivity index (χ4v) is 6.46. The van der Waals surface area contributed by atoms with Crippen LogP contribution in [0.2, 0.25) is 0 Å². The molecule has 0 amide bonds. The van der Waals surface area contributed by atoms with E-state index in [2.05, 4.69) is 143 Å². The van der Waals surface area contributed by atoms with Crippen LogP contribution < -0.4 is 0 Å². The molecule has 0 spiro atoms. The zero-order chi connectivity index (χ0) is 28.2. The number of imidazole rings is 1. The Morgan fingerprint density at radius 1 is 0.756 bits per heavy atom. The van der Waals surface area contributed by atoms with Crippen LogP contribution in [0.3, 0.4) is 0 Å². The third kappa shape index (κ3) is 5.34. The van der Waals surface area contributed by atoms with Crippen molar-refractivity contribution in [1.82, 2.24) is 9.55 Å². The molecule has 0 bridgehead atoms. The predicted molar refractivity (Wildman–Crippen MR) is 173 cm³/mol. The van der Waals surface area contributed by atoms with Crippen molar-refractivity contribution in [2.24, 2.45) is 0 Å². The molecule has 2 heterocycles. The van der Waals surface area contributed by atoms with Gasteiger partial charge < -0.3 is 4.57 Å². The van der Waals surface area contributed by atoms with Crippen LogP contribution >= 0.6 is 11.3 Å². The molecular weight excluding hydrogens is 697 g/mol. The van der Waals surface area contributed by atoms with E-state index in [0.717, 1.165) is 22.4 Å². The molecule has 0 aliphatic rings. The van der Waals surface area contributed by atoms with Gasteiger partial charge in [-0.15, -0.1) is 11.5 Å². The van der Waals surface area contributed by atoms with Crippen LogP contribution in [-0.4, -0.2) is 9.55 Å². The molecule has 0 fully saturated rings. The summed E-state index contributed by atoms with van der Waals surface area (Å²) in [4.78, 5) is 5.29. The first-order valence-electron chi connectivity index (χ1n) is 14.3. The second kappa shape index (κ2) is 11.3. The van der Waals surface area contributed by atoms with Gasteiger partial charge in [0, 0.05) is 25.8 Å². The van der Waals surface area contributed by atoms with E-state index in [1.54, 1.807) is 11.3 Å². The number of hydrogen-bond donors (Lipinski definition) is 0. The molecule has 0 aliphatic carbocycles. The van der Waals surface area contributed by atoms with Crippen LogP contribution in [0.25, 0.3) is 49.3 Å². The fourth-order valence-electron chi connectivity index (χ4n) is 5.64. The van der Waals surface area contributed by atoms with Crippen molar-refractivity contribution in [2.45, 2.75) is 65.7 Å². The number of hydrogen-bond acceptors (Lipinski definition) is 2. The quantitative estimate of drug-likeness (QED) is 0.161. The molecule has 2 nitrogen and oxygen atoms in total. The van der Waals surface area contributed by atoms with Crippen LogP contribution in [0.1, 0.15) is 77.0 Å². The molecule has 0 N–H and O–H groups in total. The van der Waals surface area contributed by atoms with Crippen molar-refractivity contribution in [3.8, 4) is 28.2 Å². The Hall–Kier alpha value is -3.04. The second-order valence-corrected chi connectivity index (χ2v) is 13.3. The van der Waals surface area contributed by atoms with Gasteiger partial charge in [-0.3, -0.25) is 16.3 Å². The van der Waals surface area contributed by atoms with Crippen molar-refractivity contribution in [3.63, 3.8) is 0 Å². The van der Waals surface area contributed by atoms with Gasteiger partial charge in [-0.2, -0.15) is 0 Å². The summed E-state index contributed by atoms with van der Waals surface area (Å²) in [6.45, 7) is 16.0. The van der Waals surface area contributed by atoms with E-state index >= 15 is 0 Å². The minimum atomic E-state index is 0. The molecule has 1 radical (unpaired) electrons. The predicted octanol–water partition coefficient (Wildman–Crippen LogP) is 10.9. The molecule has 2 aromatic heterocycles. The first-order valence-corrected chi connectivity index (χ1v) is 15.1. The van der Waals surface area contributed by atoms with Crippen LogP contribution in [0, 0.1) is 5.38 Å². The molecule has 0 saturated heterocycles. The largest absolute Gasteiger partial charge is 0.333 e. The standard InChI is InChI=1S/C37H37N2S.Ir/c1-23(2)28-19-26(25-13-9-8-10-14-25)20-29(24(3)4)35(28)39-33-16-12-11-15-32(33)38-36(39)31-22-40-34-18-17-27(21-30(31)34)37(5,6)7;/h8-21,23-24H,1-7H3;/q-1;. The number of thiophene rings is 1. The zero-order valence-corrected chi connectivity index (χ0v) is 28.1. The zero-order valence-electron chi connectivity index (χ0n) is 24.9. The summed E-state index contributed by atoms with van der Waals surface area (Å²) in [5.74, 6) is 1.64. The van der Waals surface area contributed by atoms with Crippen molar-refractivity contribution in [3.05, 3.63) is 107 Å². The molecular formula is C37H37IrN2S-. The van der Waals surface area contributed by atoms with E-state index in [4.69, 9.17) is 4.98 Å². The van der Waals surface area contributed by atoms with E-state index in [9.17, 15) is 0 Å². The minimum Gasteiger partial charge on any atom is -0.333 e. The summed E-state index contributed by atoms with van der Waals surface area (Å²) in [5, 5.41) is 4.90. The van der Waals surface area contributed by atoms with Gasteiger partial charge in [-0.25, -0.2) is 0 Å². The number of benzene rings is 4. The normalized spacial score (nSPS) is 12.0. The number of nitrogens with zero attached hydrogens (tertiary/aromatic N) is 2. The Balaban J connectivity index is 0.00000337. The average molecular weight is 734 g/mol. The van der Waals surface area contributed by atoms with Gasteiger partial charge >= 0.3 is 0 Å². The number of para-hydroxylation sites is 2. The topological polar surface area (TPSA) is 17.8 Å². The summed E-state index contributed by atoms with van der Waals surface area (Å²) in [6, 6.07) is 31.0. The van der Waals surface area contributed by atoms with Gasteiger partial charge in [-0.1, -0.05) is 124 Å². The van der Waals surface area contributed by atoms with Crippen LogP contribution in [0.5, 0.6) is 0 Å². The summed E-state index contributed by atoms with van der Waals surface area (Å²) in [7, 11) is 0. The molecule has 4 aromatic carbocycles. The van der Waals surface area contributed by atoms with Gasteiger partial charge in [0.25, 0.3) is 0 Å². The van der Waals surface area contributed by atoms with Gasteiger partial charge in [0.15, 0.2) is 0 Å². The van der Waals surface area contributed by atoms with Crippen molar-refractivity contribution >= 4 is 32.5 Å². The molecule has 4 heteroatoms. The molecule has 0 aliphatic heterocycles. The fraction of sp³-hybridized carbons (Fsp3) is 0.270. The second-order valence-electron chi connectivity index (χ2n) is 12.5. The van der Waals surface area contributed by atoms with Crippen LogP contribution in [-0.2, 0) is 25.5 Å². The van der Waals surface area contributed by atoms with Gasteiger partial charge in [0.05, 0.1) is 16.9 Å². The summed E-state index contributed by atoms with van der Waals surface area (Å²) in [6.07, 6.45) is 0. The van der Waals surface area contributed by atoms with Crippen LogP contribution in [0.15, 0.2) is 84.9 Å². The Morgan fingerprint density at radius 2 is 1.39 bits per heavy atom. The average Bonchev–Trinajstić information content (AvgIpc) is 3.53. The summed E-state index contributed by atoms with van der Waals surface area (Å²) >= 11 is 1.68. The van der Waals surface area contributed by atoms with E-state index in [1.165, 1.54) is 43.6 Å². The van der Waals surface area contributed by atoms with Gasteiger partial charge in [0.1, 0.15) is 0 Å². The van der Waals surface area contributed by atoms with Crippen LogP contribution in [0.4, 0.5) is 0 Å². The number of rotatable bonds is 5. The van der Waals surface area contributed by atoms with E-state index in [1.807, 2.05) is 0 Å². The molecule has 0 saturated carbocycles. The Labute approximate surface area is 261 Å². The molecule has 0 atom stereocenters. The van der Waals surface area contributed by atoms with Gasteiger partial charge in [-0.05, 0) is 63.8 Å². The maximum atomic E-state index is 5.29. The smallest absolute Gasteiger partial charge is 0.0774 e. The summed E-state index contributed by atoms with van der Waals surface area (Å²) < 4.78 is 3.67. The Kier molecular flexibility index (Phi) is 8.14. The molecule has 6 aromatic rings. The third-order valence-corrected chi connectivity index (χ3v) is 8.79. The Morgan fingerprint density at radius 3 is 2.02 bits per heavy atom. The summed E-state index contributed by atoms with van der Waals surface area (Å²) in [5.41, 5.74) is 11.1. The maximum absolute atomic E-state index is 5.29. The van der Waals surface area contributed by atoms with E-state index in [0.29, 0.717) is 11.8 Å². The van der Waals surface area contributed by atoms with E-state index < -0.39 is 0 Å². The molecule has 41 heavy (non-hydrogen) atoms.